The van der Waals surface area contributed by atoms with Gasteiger partial charge in [-0.15, -0.1) is 0 Å². The van der Waals surface area contributed by atoms with Gasteiger partial charge in [0.2, 0.25) is 6.43 Å². The zero-order chi connectivity index (χ0) is 15.1. The fourth-order valence-electron chi connectivity index (χ4n) is 3.51. The van der Waals surface area contributed by atoms with Crippen molar-refractivity contribution in [3.05, 3.63) is 35.4 Å². The van der Waals surface area contributed by atoms with Gasteiger partial charge in [-0.25, -0.2) is 8.78 Å². The van der Waals surface area contributed by atoms with Gasteiger partial charge in [-0.05, 0) is 55.1 Å². The summed E-state index contributed by atoms with van der Waals surface area (Å²) in [5.41, 5.74) is 2.44. The molecule has 21 heavy (non-hydrogen) atoms. The zero-order valence-corrected chi connectivity index (χ0v) is 13.2. The summed E-state index contributed by atoms with van der Waals surface area (Å²) in [5, 5.41) is 0. The fourth-order valence-corrected chi connectivity index (χ4v) is 3.51. The van der Waals surface area contributed by atoms with Crippen LogP contribution >= 0.6 is 0 Å². The van der Waals surface area contributed by atoms with E-state index in [4.69, 9.17) is 0 Å². The smallest absolute Gasteiger partial charge is 0.211 e. The van der Waals surface area contributed by atoms with E-state index in [1.807, 2.05) is 12.1 Å². The van der Waals surface area contributed by atoms with E-state index >= 15 is 0 Å². The Morgan fingerprint density at radius 2 is 1.71 bits per heavy atom. The van der Waals surface area contributed by atoms with Crippen LogP contribution in [0.3, 0.4) is 0 Å². The van der Waals surface area contributed by atoms with Crippen LogP contribution in [-0.4, -0.2) is 6.43 Å². The van der Waals surface area contributed by atoms with Crippen molar-refractivity contribution >= 4 is 0 Å². The highest BCUT2D eigenvalue weighted by atomic mass is 19.3. The van der Waals surface area contributed by atoms with Crippen LogP contribution in [0.5, 0.6) is 0 Å². The predicted octanol–water partition coefficient (Wildman–Crippen LogP) is 6.35. The normalized spacial score (nSPS) is 22.7. The fraction of sp³-hybridized carbons (Fsp3) is 0.684. The highest BCUT2D eigenvalue weighted by molar-refractivity contribution is 5.26. The summed E-state index contributed by atoms with van der Waals surface area (Å²) in [4.78, 5) is 0. The Labute approximate surface area is 128 Å². The highest BCUT2D eigenvalue weighted by Gasteiger charge is 2.21. The third-order valence-corrected chi connectivity index (χ3v) is 4.92. The number of hydrogen-bond donors (Lipinski definition) is 0. The molecular weight excluding hydrogens is 266 g/mol. The Hall–Kier alpha value is -0.920. The molecule has 118 valence electrons. The molecule has 0 radical (unpaired) electrons. The van der Waals surface area contributed by atoms with Crippen LogP contribution in [0.2, 0.25) is 0 Å². The first kappa shape index (κ1) is 16.5. The van der Waals surface area contributed by atoms with Crippen molar-refractivity contribution in [3.8, 4) is 0 Å². The average molecular weight is 294 g/mol. The molecule has 1 fully saturated rings. The lowest BCUT2D eigenvalue weighted by atomic mass is 9.77. The number of halogens is 2. The van der Waals surface area contributed by atoms with E-state index in [-0.39, 0.29) is 6.42 Å². The number of alkyl halides is 2. The van der Waals surface area contributed by atoms with E-state index in [2.05, 4.69) is 19.1 Å². The van der Waals surface area contributed by atoms with E-state index in [0.717, 1.165) is 11.5 Å². The highest BCUT2D eigenvalue weighted by Crippen LogP contribution is 2.37. The topological polar surface area (TPSA) is 0 Å². The first-order chi connectivity index (χ1) is 10.2. The number of unbranched alkanes of at least 4 members (excludes halogenated alkanes) is 1. The standard InChI is InChI=1S/C19H28F2/c1-2-3-4-15-5-10-17(11-6-15)18-12-7-16(8-13-18)9-14-19(20)21/h7-8,12-13,15,17,19H,2-6,9-11,14H2,1H3/t15-,17-. The molecular formula is C19H28F2. The maximum atomic E-state index is 12.2. The predicted molar refractivity (Wildman–Crippen MR) is 85.0 cm³/mol. The third kappa shape index (κ3) is 5.41. The summed E-state index contributed by atoms with van der Waals surface area (Å²) < 4.78 is 24.4. The van der Waals surface area contributed by atoms with E-state index in [1.165, 1.54) is 50.5 Å². The summed E-state index contributed by atoms with van der Waals surface area (Å²) in [5.74, 6) is 1.62. The molecule has 0 atom stereocenters. The summed E-state index contributed by atoms with van der Waals surface area (Å²) in [6.45, 7) is 2.27. The lowest BCUT2D eigenvalue weighted by Gasteiger charge is -2.29. The summed E-state index contributed by atoms with van der Waals surface area (Å²) in [6, 6.07) is 8.41. The molecule has 1 aliphatic carbocycles. The van der Waals surface area contributed by atoms with Gasteiger partial charge in [-0.2, -0.15) is 0 Å². The van der Waals surface area contributed by atoms with Gasteiger partial charge in [0, 0.05) is 6.42 Å². The molecule has 0 unspecified atom stereocenters. The Morgan fingerprint density at radius 3 is 2.29 bits per heavy atom. The maximum Gasteiger partial charge on any atom is 0.239 e. The van der Waals surface area contributed by atoms with Gasteiger partial charge in [-0.3, -0.25) is 0 Å². The first-order valence-corrected chi connectivity index (χ1v) is 8.56. The van der Waals surface area contributed by atoms with E-state index < -0.39 is 6.43 Å². The van der Waals surface area contributed by atoms with E-state index in [0.29, 0.717) is 12.3 Å². The van der Waals surface area contributed by atoms with Gasteiger partial charge in [0.25, 0.3) is 0 Å². The molecule has 0 spiro atoms. The Morgan fingerprint density at radius 1 is 1.05 bits per heavy atom. The van der Waals surface area contributed by atoms with Crippen LogP contribution in [0.4, 0.5) is 8.78 Å². The van der Waals surface area contributed by atoms with Gasteiger partial charge >= 0.3 is 0 Å². The second kappa shape index (κ2) is 8.51. The van der Waals surface area contributed by atoms with E-state index in [9.17, 15) is 8.78 Å². The molecule has 0 aromatic heterocycles. The summed E-state index contributed by atoms with van der Waals surface area (Å²) in [6.07, 6.45) is 7.65. The quantitative estimate of drug-likeness (QED) is 0.549. The first-order valence-electron chi connectivity index (χ1n) is 8.56. The van der Waals surface area contributed by atoms with Crippen molar-refractivity contribution in [2.45, 2.75) is 77.1 Å². The van der Waals surface area contributed by atoms with Crippen LogP contribution in [0.1, 0.15) is 75.3 Å². The minimum Gasteiger partial charge on any atom is -0.211 e. The second-order valence-electron chi connectivity index (χ2n) is 6.53. The monoisotopic (exact) mass is 294 g/mol. The molecule has 0 aliphatic heterocycles. The van der Waals surface area contributed by atoms with Crippen molar-refractivity contribution in [1.82, 2.24) is 0 Å². The molecule has 0 heterocycles. The van der Waals surface area contributed by atoms with Gasteiger partial charge in [0.15, 0.2) is 0 Å². The largest absolute Gasteiger partial charge is 0.239 e. The minimum absolute atomic E-state index is 0.0259. The van der Waals surface area contributed by atoms with Crippen molar-refractivity contribution < 1.29 is 8.78 Å². The van der Waals surface area contributed by atoms with Gasteiger partial charge in [0.1, 0.15) is 0 Å². The van der Waals surface area contributed by atoms with Crippen LogP contribution in [0.25, 0.3) is 0 Å². The van der Waals surface area contributed by atoms with Crippen LogP contribution < -0.4 is 0 Å². The summed E-state index contributed by atoms with van der Waals surface area (Å²) in [7, 11) is 0. The lowest BCUT2D eigenvalue weighted by Crippen LogP contribution is -2.13. The zero-order valence-electron chi connectivity index (χ0n) is 13.2. The molecule has 0 amide bonds. The van der Waals surface area contributed by atoms with Gasteiger partial charge in [0.05, 0.1) is 0 Å². The lowest BCUT2D eigenvalue weighted by molar-refractivity contribution is 0.138. The van der Waals surface area contributed by atoms with Crippen molar-refractivity contribution in [2.24, 2.45) is 5.92 Å². The Balaban J connectivity index is 1.80. The molecule has 1 aromatic carbocycles. The molecule has 0 nitrogen and oxygen atoms in total. The molecule has 0 N–H and O–H groups in total. The SMILES string of the molecule is CCCC[C@H]1CC[C@H](c2ccc(CCC(F)F)cc2)CC1. The van der Waals surface area contributed by atoms with Crippen LogP contribution in [0, 0.1) is 5.92 Å². The molecule has 0 saturated heterocycles. The summed E-state index contributed by atoms with van der Waals surface area (Å²) >= 11 is 0. The van der Waals surface area contributed by atoms with Crippen LogP contribution in [0.15, 0.2) is 24.3 Å². The number of hydrogen-bond acceptors (Lipinski definition) is 0. The average Bonchev–Trinajstić information content (AvgIpc) is 2.52. The van der Waals surface area contributed by atoms with Crippen molar-refractivity contribution in [3.63, 3.8) is 0 Å². The molecule has 0 bridgehead atoms. The van der Waals surface area contributed by atoms with Crippen molar-refractivity contribution in [2.75, 3.05) is 0 Å². The Bertz CT molecular complexity index is 389. The number of rotatable bonds is 7. The minimum atomic E-state index is -2.19. The van der Waals surface area contributed by atoms with E-state index in [1.54, 1.807) is 0 Å². The van der Waals surface area contributed by atoms with Crippen molar-refractivity contribution in [1.29, 1.82) is 0 Å². The van der Waals surface area contributed by atoms with Crippen LogP contribution in [-0.2, 0) is 6.42 Å². The molecule has 1 saturated carbocycles. The second-order valence-corrected chi connectivity index (χ2v) is 6.53. The maximum absolute atomic E-state index is 12.2. The molecule has 1 aliphatic rings. The number of benzene rings is 1. The molecule has 2 heteroatoms. The number of aryl methyl sites for hydroxylation is 1. The van der Waals surface area contributed by atoms with Gasteiger partial charge in [-0.1, -0.05) is 50.5 Å². The molecule has 1 aromatic rings. The molecule has 2 rings (SSSR count). The Kier molecular flexibility index (Phi) is 6.66. The third-order valence-electron chi connectivity index (χ3n) is 4.92. The van der Waals surface area contributed by atoms with Gasteiger partial charge < -0.3 is 0 Å².